The molecule has 0 aliphatic heterocycles. The van der Waals surface area contributed by atoms with Gasteiger partial charge in [-0.15, -0.1) is 48.5 Å². The molecular weight excluding hydrogens is 544 g/mol. The second kappa shape index (κ2) is 11.2. The van der Waals surface area contributed by atoms with Gasteiger partial charge in [-0.2, -0.15) is 0 Å². The minimum atomic E-state index is -4.71. The van der Waals surface area contributed by atoms with Crippen molar-refractivity contribution >= 4 is 41.3 Å². The summed E-state index contributed by atoms with van der Waals surface area (Å²) in [5.41, 5.74) is 8.37. The highest BCUT2D eigenvalue weighted by molar-refractivity contribution is 14.0. The summed E-state index contributed by atoms with van der Waals surface area (Å²) in [4.78, 5) is 8.74. The quantitative estimate of drug-likeness (QED) is 0.242. The molecule has 0 aliphatic carbocycles. The average molecular weight is 564 g/mol. The Bertz CT molecular complexity index is 993. The number of rotatable bonds is 7. The standard InChI is InChI=1S/C20H19F3N4O2S.HI/c1-28-16-8-4-14(5-9-16)18-27-15(12-30-18)11-26-19(24)25-10-13-2-6-17(7-3-13)29-20(21,22)23;/h2-9,12H,10-11H2,1H3,(H3,24,25,26);1H. The number of hydrogen-bond acceptors (Lipinski definition) is 5. The van der Waals surface area contributed by atoms with E-state index < -0.39 is 6.36 Å². The molecule has 1 aromatic heterocycles. The summed E-state index contributed by atoms with van der Waals surface area (Å²) in [6.45, 7) is 0.625. The van der Waals surface area contributed by atoms with Gasteiger partial charge in [-0.25, -0.2) is 9.98 Å². The molecule has 0 fully saturated rings. The number of benzene rings is 2. The van der Waals surface area contributed by atoms with Crippen molar-refractivity contribution in [3.63, 3.8) is 0 Å². The molecule has 11 heteroatoms. The van der Waals surface area contributed by atoms with Gasteiger partial charge in [0.2, 0.25) is 0 Å². The average Bonchev–Trinajstić information content (AvgIpc) is 3.20. The Morgan fingerprint density at radius 1 is 1.10 bits per heavy atom. The molecule has 6 nitrogen and oxygen atoms in total. The van der Waals surface area contributed by atoms with Crippen molar-refractivity contribution in [2.24, 2.45) is 10.7 Å². The zero-order valence-electron chi connectivity index (χ0n) is 16.3. The third kappa shape index (κ3) is 7.90. The number of nitrogens with zero attached hydrogens (tertiary/aromatic N) is 2. The van der Waals surface area contributed by atoms with Crippen molar-refractivity contribution in [3.05, 3.63) is 65.2 Å². The van der Waals surface area contributed by atoms with Crippen molar-refractivity contribution in [1.29, 1.82) is 0 Å². The maximum atomic E-state index is 12.2. The van der Waals surface area contributed by atoms with Crippen LogP contribution in [-0.4, -0.2) is 24.4 Å². The summed E-state index contributed by atoms with van der Waals surface area (Å²) in [5.74, 6) is 0.714. The van der Waals surface area contributed by atoms with Crippen molar-refractivity contribution in [1.82, 2.24) is 10.3 Å². The van der Waals surface area contributed by atoms with Gasteiger partial charge in [0.15, 0.2) is 5.96 Å². The zero-order valence-corrected chi connectivity index (χ0v) is 19.5. The van der Waals surface area contributed by atoms with E-state index >= 15 is 0 Å². The molecule has 0 saturated carbocycles. The van der Waals surface area contributed by atoms with Crippen LogP contribution in [0.15, 0.2) is 58.9 Å². The first-order valence-electron chi connectivity index (χ1n) is 8.80. The van der Waals surface area contributed by atoms with Gasteiger partial charge in [0.1, 0.15) is 16.5 Å². The molecule has 166 valence electrons. The lowest BCUT2D eigenvalue weighted by molar-refractivity contribution is -0.274. The highest BCUT2D eigenvalue weighted by atomic mass is 127. The number of halogens is 4. The lowest BCUT2D eigenvalue weighted by Crippen LogP contribution is -2.31. The summed E-state index contributed by atoms with van der Waals surface area (Å²) < 4.78 is 45.5. The van der Waals surface area contributed by atoms with Crippen LogP contribution in [0, 0.1) is 0 Å². The summed E-state index contributed by atoms with van der Waals surface area (Å²) in [6.07, 6.45) is -4.71. The predicted molar refractivity (Wildman–Crippen MR) is 125 cm³/mol. The number of methoxy groups -OCH3 is 1. The molecule has 0 amide bonds. The fraction of sp³-hybridized carbons (Fsp3) is 0.200. The Morgan fingerprint density at radius 3 is 2.35 bits per heavy atom. The zero-order chi connectivity index (χ0) is 21.6. The summed E-state index contributed by atoms with van der Waals surface area (Å²) in [5, 5.41) is 5.78. The monoisotopic (exact) mass is 564 g/mol. The van der Waals surface area contributed by atoms with Crippen molar-refractivity contribution in [2.75, 3.05) is 7.11 Å². The fourth-order valence-electron chi connectivity index (χ4n) is 2.46. The van der Waals surface area contributed by atoms with Crippen LogP contribution in [0.3, 0.4) is 0 Å². The number of alkyl halides is 3. The number of nitrogens with two attached hydrogens (primary N) is 1. The number of aromatic nitrogens is 1. The number of aliphatic imine (C=N–C) groups is 1. The molecular formula is C20H20F3IN4O2S. The third-order valence-electron chi connectivity index (χ3n) is 3.93. The summed E-state index contributed by atoms with van der Waals surface area (Å²) >= 11 is 1.52. The number of nitrogens with one attached hydrogen (secondary N) is 1. The second-order valence-corrected chi connectivity index (χ2v) is 6.98. The third-order valence-corrected chi connectivity index (χ3v) is 4.87. The van der Waals surface area contributed by atoms with E-state index in [1.54, 1.807) is 7.11 Å². The number of hydrogen-bond donors (Lipinski definition) is 2. The van der Waals surface area contributed by atoms with Crippen LogP contribution in [0.2, 0.25) is 0 Å². The minimum Gasteiger partial charge on any atom is -0.497 e. The van der Waals surface area contributed by atoms with Gasteiger partial charge in [0.25, 0.3) is 0 Å². The van der Waals surface area contributed by atoms with Gasteiger partial charge in [0, 0.05) is 10.9 Å². The maximum Gasteiger partial charge on any atom is 0.573 e. The molecule has 31 heavy (non-hydrogen) atoms. The molecule has 1 heterocycles. The lowest BCUT2D eigenvalue weighted by Gasteiger charge is -2.09. The van der Waals surface area contributed by atoms with Crippen LogP contribution < -0.4 is 20.5 Å². The largest absolute Gasteiger partial charge is 0.573 e. The smallest absolute Gasteiger partial charge is 0.497 e. The van der Waals surface area contributed by atoms with E-state index in [-0.39, 0.29) is 42.2 Å². The van der Waals surface area contributed by atoms with Crippen LogP contribution in [-0.2, 0) is 13.1 Å². The first kappa shape index (κ1) is 24.7. The highest BCUT2D eigenvalue weighted by Crippen LogP contribution is 2.26. The van der Waals surface area contributed by atoms with E-state index in [2.05, 4.69) is 20.0 Å². The Balaban J connectivity index is 0.00000341. The number of thiazole rings is 1. The van der Waals surface area contributed by atoms with Gasteiger partial charge >= 0.3 is 6.36 Å². The lowest BCUT2D eigenvalue weighted by atomic mass is 10.2. The highest BCUT2D eigenvalue weighted by Gasteiger charge is 2.30. The molecule has 0 spiro atoms. The molecule has 3 N–H and O–H groups in total. The van der Waals surface area contributed by atoms with E-state index in [9.17, 15) is 13.2 Å². The molecule has 0 aliphatic rings. The van der Waals surface area contributed by atoms with Crippen LogP contribution in [0.4, 0.5) is 13.2 Å². The number of guanidine groups is 1. The van der Waals surface area contributed by atoms with E-state index in [1.807, 2.05) is 29.6 Å². The van der Waals surface area contributed by atoms with Crippen molar-refractivity contribution in [2.45, 2.75) is 19.5 Å². The molecule has 2 aromatic carbocycles. The maximum absolute atomic E-state index is 12.2. The predicted octanol–water partition coefficient (Wildman–Crippen LogP) is 4.94. The molecule has 0 bridgehead atoms. The van der Waals surface area contributed by atoms with Crippen LogP contribution in [0.1, 0.15) is 11.3 Å². The van der Waals surface area contributed by atoms with E-state index in [4.69, 9.17) is 10.5 Å². The molecule has 3 aromatic rings. The Kier molecular flexibility index (Phi) is 8.92. The Morgan fingerprint density at radius 2 is 1.74 bits per heavy atom. The van der Waals surface area contributed by atoms with Gasteiger partial charge < -0.3 is 20.5 Å². The van der Waals surface area contributed by atoms with Crippen molar-refractivity contribution in [3.8, 4) is 22.1 Å². The van der Waals surface area contributed by atoms with Crippen LogP contribution >= 0.6 is 35.3 Å². The van der Waals surface area contributed by atoms with Gasteiger partial charge in [-0.1, -0.05) is 12.1 Å². The first-order chi connectivity index (χ1) is 14.3. The summed E-state index contributed by atoms with van der Waals surface area (Å²) in [6, 6.07) is 13.1. The molecule has 0 radical (unpaired) electrons. The second-order valence-electron chi connectivity index (χ2n) is 6.12. The van der Waals surface area contributed by atoms with E-state index in [1.165, 1.54) is 35.6 Å². The van der Waals surface area contributed by atoms with E-state index in [0.717, 1.165) is 22.0 Å². The first-order valence-corrected chi connectivity index (χ1v) is 9.67. The number of ether oxygens (including phenoxy) is 2. The summed E-state index contributed by atoms with van der Waals surface area (Å²) in [7, 11) is 1.62. The van der Waals surface area contributed by atoms with Gasteiger partial charge in [0.05, 0.1) is 25.9 Å². The van der Waals surface area contributed by atoms with E-state index in [0.29, 0.717) is 12.1 Å². The Hall–Kier alpha value is -2.54. The van der Waals surface area contributed by atoms with Gasteiger partial charge in [-0.3, -0.25) is 0 Å². The fourth-order valence-corrected chi connectivity index (χ4v) is 3.29. The SMILES string of the molecule is COc1ccc(-c2nc(CNC(N)=NCc3ccc(OC(F)(F)F)cc3)cs2)cc1.I. The van der Waals surface area contributed by atoms with Crippen LogP contribution in [0.5, 0.6) is 11.5 Å². The molecule has 0 saturated heterocycles. The molecule has 3 rings (SSSR count). The topological polar surface area (TPSA) is 81.8 Å². The molecule has 0 atom stereocenters. The minimum absolute atomic E-state index is 0. The molecule has 0 unspecified atom stereocenters. The Labute approximate surface area is 198 Å². The normalized spacial score (nSPS) is 11.5. The van der Waals surface area contributed by atoms with Crippen LogP contribution in [0.25, 0.3) is 10.6 Å². The van der Waals surface area contributed by atoms with Crippen molar-refractivity contribution < 1.29 is 22.6 Å². The van der Waals surface area contributed by atoms with Gasteiger partial charge in [-0.05, 0) is 42.0 Å².